The highest BCUT2D eigenvalue weighted by molar-refractivity contribution is 5.63. The third-order valence-corrected chi connectivity index (χ3v) is 2.09. The summed E-state index contributed by atoms with van der Waals surface area (Å²) in [5.41, 5.74) is 6.85. The fourth-order valence-corrected chi connectivity index (χ4v) is 1.28. The topological polar surface area (TPSA) is 61.3 Å². The molecule has 0 saturated heterocycles. The Balaban J connectivity index is 2.53. The zero-order valence-corrected chi connectivity index (χ0v) is 7.15. The monoisotopic (exact) mass is 166 g/mol. The number of aromatic nitrogens is 2. The lowest BCUT2D eigenvalue weighted by atomic mass is 10.3. The fourth-order valence-electron chi connectivity index (χ4n) is 1.28. The summed E-state index contributed by atoms with van der Waals surface area (Å²) in [6, 6.07) is 0. The van der Waals surface area contributed by atoms with Gasteiger partial charge in [0.2, 0.25) is 0 Å². The van der Waals surface area contributed by atoms with Gasteiger partial charge in [-0.3, -0.25) is 4.98 Å². The molecule has 64 valence electrons. The van der Waals surface area contributed by atoms with E-state index in [1.807, 2.05) is 29.9 Å². The van der Waals surface area contributed by atoms with Crippen LogP contribution in [0.3, 0.4) is 0 Å². The molecule has 1 aromatic rings. The number of nitrogens with zero attached hydrogens (tertiary/aromatic N) is 3. The molecule has 0 aliphatic carbocycles. The third kappa shape index (κ3) is 0.831. The molecular weight excluding hydrogens is 154 g/mol. The summed E-state index contributed by atoms with van der Waals surface area (Å²) in [5.74, 6) is 0.903. The van der Waals surface area contributed by atoms with Crippen molar-refractivity contribution in [1.82, 2.24) is 9.88 Å². The maximum atomic E-state index is 5.89. The van der Waals surface area contributed by atoms with Crippen molar-refractivity contribution in [2.45, 2.75) is 6.17 Å². The number of hydrogen-bond acceptors (Lipinski definition) is 3. The first-order chi connectivity index (χ1) is 5.70. The number of aromatic amines is 1. The van der Waals surface area contributed by atoms with E-state index in [-0.39, 0.29) is 6.17 Å². The molecule has 12 heavy (non-hydrogen) atoms. The van der Waals surface area contributed by atoms with E-state index in [2.05, 4.69) is 9.98 Å². The molecule has 2 rings (SSSR count). The van der Waals surface area contributed by atoms with Gasteiger partial charge in [-0.05, 0) is 0 Å². The zero-order valence-electron chi connectivity index (χ0n) is 7.15. The Morgan fingerprint density at radius 1 is 1.75 bits per heavy atom. The molecule has 0 saturated carbocycles. The van der Waals surface area contributed by atoms with Gasteiger partial charge in [0.1, 0.15) is 6.17 Å². The van der Waals surface area contributed by atoms with Crippen molar-refractivity contribution in [3.63, 3.8) is 0 Å². The van der Waals surface area contributed by atoms with Crippen LogP contribution in [-0.4, -0.2) is 23.3 Å². The van der Waals surface area contributed by atoms with E-state index >= 15 is 0 Å². The van der Waals surface area contributed by atoms with Crippen LogP contribution in [0.25, 0.3) is 0 Å². The SMILES string of the molecule is CN1C=Nc2c([nH]c[n+]2C)C1N. The number of imidazole rings is 1. The minimum absolute atomic E-state index is 0.112. The molecule has 1 aliphatic rings. The Morgan fingerprint density at radius 3 is 3.25 bits per heavy atom. The molecule has 0 fully saturated rings. The summed E-state index contributed by atoms with van der Waals surface area (Å²) in [4.78, 5) is 9.19. The summed E-state index contributed by atoms with van der Waals surface area (Å²) < 4.78 is 1.92. The molecule has 3 N–H and O–H groups in total. The van der Waals surface area contributed by atoms with E-state index in [0.29, 0.717) is 0 Å². The highest BCUT2D eigenvalue weighted by atomic mass is 15.3. The number of hydrogen-bond donors (Lipinski definition) is 2. The van der Waals surface area contributed by atoms with E-state index < -0.39 is 0 Å². The lowest BCUT2D eigenvalue weighted by molar-refractivity contribution is -0.657. The van der Waals surface area contributed by atoms with Gasteiger partial charge < -0.3 is 10.6 Å². The van der Waals surface area contributed by atoms with Gasteiger partial charge in [0.15, 0.2) is 18.4 Å². The predicted molar refractivity (Wildman–Crippen MR) is 44.8 cm³/mol. The number of fused-ring (bicyclic) bond motifs is 1. The van der Waals surface area contributed by atoms with Gasteiger partial charge in [-0.15, -0.1) is 0 Å². The molecule has 1 atom stereocenters. The Hall–Kier alpha value is -1.36. The highest BCUT2D eigenvalue weighted by Crippen LogP contribution is 2.22. The molecule has 2 heterocycles. The standard InChI is InChI=1S/C7H11N5/c1-11-4-10-7-5(6(11)8)9-3-12(7)2/h3-4,6H,8H2,1-2H3/p+1. The van der Waals surface area contributed by atoms with Gasteiger partial charge in [0.25, 0.3) is 0 Å². The maximum absolute atomic E-state index is 5.89. The molecule has 5 nitrogen and oxygen atoms in total. The number of aliphatic imine (C=N–C) groups is 1. The van der Waals surface area contributed by atoms with E-state index in [4.69, 9.17) is 5.73 Å². The summed E-state index contributed by atoms with van der Waals surface area (Å²) in [6.45, 7) is 0. The number of rotatable bonds is 0. The minimum atomic E-state index is -0.112. The van der Waals surface area contributed by atoms with E-state index in [9.17, 15) is 0 Å². The van der Waals surface area contributed by atoms with Gasteiger partial charge >= 0.3 is 5.82 Å². The fraction of sp³-hybridized carbons (Fsp3) is 0.429. The number of nitrogens with one attached hydrogen (secondary N) is 1. The van der Waals surface area contributed by atoms with Crippen LogP contribution in [0, 0.1) is 0 Å². The van der Waals surface area contributed by atoms with Crippen molar-refractivity contribution >= 4 is 12.2 Å². The first-order valence-corrected chi connectivity index (χ1v) is 3.79. The van der Waals surface area contributed by atoms with Crippen LogP contribution in [0.15, 0.2) is 11.3 Å². The predicted octanol–water partition coefficient (Wildman–Crippen LogP) is -0.598. The first kappa shape index (κ1) is 7.30. The van der Waals surface area contributed by atoms with Crippen LogP contribution in [0.1, 0.15) is 11.9 Å². The number of nitrogens with two attached hydrogens (primary N) is 1. The molecule has 0 spiro atoms. The highest BCUT2D eigenvalue weighted by Gasteiger charge is 2.27. The van der Waals surface area contributed by atoms with Crippen molar-refractivity contribution in [3.05, 3.63) is 12.0 Å². The van der Waals surface area contributed by atoms with Gasteiger partial charge in [-0.2, -0.15) is 0 Å². The number of aryl methyl sites for hydroxylation is 1. The Bertz CT molecular complexity index is 327. The quantitative estimate of drug-likeness (QED) is 0.506. The maximum Gasteiger partial charge on any atom is 0.302 e. The van der Waals surface area contributed by atoms with Crippen LogP contribution in [0.2, 0.25) is 0 Å². The second-order valence-corrected chi connectivity index (χ2v) is 2.98. The smallest absolute Gasteiger partial charge is 0.302 e. The molecule has 0 amide bonds. The Kier molecular flexibility index (Phi) is 1.41. The largest absolute Gasteiger partial charge is 0.330 e. The number of H-pyrrole nitrogens is 1. The van der Waals surface area contributed by atoms with Gasteiger partial charge in [0.05, 0.1) is 7.05 Å². The van der Waals surface area contributed by atoms with Gasteiger partial charge in [-0.1, -0.05) is 4.99 Å². The van der Waals surface area contributed by atoms with Crippen molar-refractivity contribution < 1.29 is 4.57 Å². The molecule has 1 aromatic heterocycles. The first-order valence-electron chi connectivity index (χ1n) is 3.79. The lowest BCUT2D eigenvalue weighted by Crippen LogP contribution is -2.34. The Morgan fingerprint density at radius 2 is 2.50 bits per heavy atom. The van der Waals surface area contributed by atoms with Crippen LogP contribution in [0.5, 0.6) is 0 Å². The average Bonchev–Trinajstić information content (AvgIpc) is 2.41. The Labute approximate surface area is 70.5 Å². The minimum Gasteiger partial charge on any atom is -0.330 e. The molecular formula is C7H12N5+. The molecule has 0 aromatic carbocycles. The van der Waals surface area contributed by atoms with Crippen molar-refractivity contribution in [3.8, 4) is 0 Å². The summed E-state index contributed by atoms with van der Waals surface area (Å²) in [5, 5.41) is 0. The summed E-state index contributed by atoms with van der Waals surface area (Å²) in [7, 11) is 3.84. The van der Waals surface area contributed by atoms with Gasteiger partial charge in [-0.25, -0.2) is 4.57 Å². The van der Waals surface area contributed by atoms with E-state index in [0.717, 1.165) is 11.5 Å². The van der Waals surface area contributed by atoms with Crippen molar-refractivity contribution in [2.24, 2.45) is 17.8 Å². The van der Waals surface area contributed by atoms with Crippen LogP contribution in [-0.2, 0) is 7.05 Å². The van der Waals surface area contributed by atoms with Crippen molar-refractivity contribution in [2.75, 3.05) is 7.05 Å². The second-order valence-electron chi connectivity index (χ2n) is 2.98. The van der Waals surface area contributed by atoms with Crippen LogP contribution >= 0.6 is 0 Å². The normalized spacial score (nSPS) is 21.2. The molecule has 0 radical (unpaired) electrons. The van der Waals surface area contributed by atoms with Gasteiger partial charge in [0, 0.05) is 7.05 Å². The summed E-state index contributed by atoms with van der Waals surface area (Å²) in [6.07, 6.45) is 3.47. The second kappa shape index (κ2) is 2.31. The van der Waals surface area contributed by atoms with Crippen LogP contribution < -0.4 is 10.3 Å². The molecule has 1 aliphatic heterocycles. The van der Waals surface area contributed by atoms with Crippen molar-refractivity contribution in [1.29, 1.82) is 0 Å². The van der Waals surface area contributed by atoms with E-state index in [1.54, 1.807) is 6.34 Å². The molecule has 5 heteroatoms. The summed E-state index contributed by atoms with van der Waals surface area (Å²) >= 11 is 0. The molecule has 1 unspecified atom stereocenters. The van der Waals surface area contributed by atoms with E-state index in [1.165, 1.54) is 0 Å². The van der Waals surface area contributed by atoms with Crippen LogP contribution in [0.4, 0.5) is 5.82 Å². The molecule has 0 bridgehead atoms. The third-order valence-electron chi connectivity index (χ3n) is 2.09. The lowest BCUT2D eigenvalue weighted by Gasteiger charge is -2.20. The zero-order chi connectivity index (χ0) is 8.72. The average molecular weight is 166 g/mol.